The van der Waals surface area contributed by atoms with Crippen LogP contribution in [0, 0.1) is 13.8 Å². The van der Waals surface area contributed by atoms with E-state index in [0.29, 0.717) is 13.2 Å². The zero-order valence-electron chi connectivity index (χ0n) is 17.2. The van der Waals surface area contributed by atoms with E-state index in [0.717, 1.165) is 53.8 Å². The minimum atomic E-state index is 0.190. The molecule has 28 heavy (non-hydrogen) atoms. The number of nitrogens with zero attached hydrogens (tertiary/aromatic N) is 3. The van der Waals surface area contributed by atoms with E-state index in [2.05, 4.69) is 34.3 Å². The lowest BCUT2D eigenvalue weighted by Crippen LogP contribution is -2.48. The van der Waals surface area contributed by atoms with Crippen LogP contribution in [0.2, 0.25) is 5.02 Å². The number of piperazine rings is 1. The number of ketones is 1. The number of aryl methyl sites for hydroxylation is 1. The van der Waals surface area contributed by atoms with Gasteiger partial charge >= 0.3 is 0 Å². The summed E-state index contributed by atoms with van der Waals surface area (Å²) < 4.78 is 7.49. The maximum absolute atomic E-state index is 13.0. The molecular weight excluding hydrogens is 374 g/mol. The maximum Gasteiger partial charge on any atom is 0.178 e. The first-order chi connectivity index (χ1) is 13.4. The summed E-state index contributed by atoms with van der Waals surface area (Å²) in [4.78, 5) is 17.5. The van der Waals surface area contributed by atoms with Crippen LogP contribution < -0.4 is 4.90 Å². The van der Waals surface area contributed by atoms with Crippen LogP contribution in [0.15, 0.2) is 30.3 Å². The molecule has 5 nitrogen and oxygen atoms in total. The second kappa shape index (κ2) is 9.12. The van der Waals surface area contributed by atoms with Crippen LogP contribution in [0.4, 0.5) is 5.69 Å². The molecule has 0 bridgehead atoms. The molecule has 1 atom stereocenters. The molecular formula is C22H30ClN3O2. The average Bonchev–Trinajstić information content (AvgIpc) is 2.97. The Bertz CT molecular complexity index is 825. The number of hydrogen-bond donors (Lipinski definition) is 0. The van der Waals surface area contributed by atoms with E-state index in [-0.39, 0.29) is 11.8 Å². The molecule has 2 aromatic rings. The van der Waals surface area contributed by atoms with Crippen molar-refractivity contribution in [1.82, 2.24) is 9.47 Å². The number of Topliss-reactive ketones (excluding diaryl/α,β-unsaturated/α-hetero) is 1. The number of ether oxygens (including phenoxy) is 1. The fourth-order valence-corrected chi connectivity index (χ4v) is 4.45. The van der Waals surface area contributed by atoms with Gasteiger partial charge in [-0.15, -0.1) is 0 Å². The van der Waals surface area contributed by atoms with Gasteiger partial charge in [-0.2, -0.15) is 0 Å². The van der Waals surface area contributed by atoms with Gasteiger partial charge in [0.15, 0.2) is 5.78 Å². The summed E-state index contributed by atoms with van der Waals surface area (Å²) in [5, 5.41) is 0.782. The quantitative estimate of drug-likeness (QED) is 0.655. The van der Waals surface area contributed by atoms with Crippen molar-refractivity contribution in [3.8, 4) is 0 Å². The average molecular weight is 404 g/mol. The SMILES string of the molecule is COC[C@@H](C)n1c(C)cc(C(=O)CN2CCN(c3ccccc3Cl)CC2)c1C. The van der Waals surface area contributed by atoms with Gasteiger partial charge in [0, 0.05) is 50.2 Å². The number of carbonyl (C=O) groups excluding carboxylic acids is 1. The second-order valence-electron chi connectivity index (χ2n) is 7.60. The van der Waals surface area contributed by atoms with E-state index < -0.39 is 0 Å². The zero-order valence-corrected chi connectivity index (χ0v) is 18.0. The number of anilines is 1. The Kier molecular flexibility index (Phi) is 6.81. The summed E-state index contributed by atoms with van der Waals surface area (Å²) >= 11 is 6.32. The predicted molar refractivity (Wildman–Crippen MR) is 115 cm³/mol. The second-order valence-corrected chi connectivity index (χ2v) is 8.00. The summed E-state index contributed by atoms with van der Waals surface area (Å²) in [6.45, 7) is 10.8. The number of carbonyl (C=O) groups is 1. The van der Waals surface area contributed by atoms with Gasteiger partial charge in [0.2, 0.25) is 0 Å². The molecule has 1 fully saturated rings. The Morgan fingerprint density at radius 2 is 1.86 bits per heavy atom. The zero-order chi connectivity index (χ0) is 20.3. The summed E-state index contributed by atoms with van der Waals surface area (Å²) in [5.41, 5.74) is 4.04. The van der Waals surface area contributed by atoms with Gasteiger partial charge < -0.3 is 14.2 Å². The molecule has 152 valence electrons. The number of benzene rings is 1. The molecule has 0 N–H and O–H groups in total. The summed E-state index contributed by atoms with van der Waals surface area (Å²) in [6.07, 6.45) is 0. The highest BCUT2D eigenvalue weighted by atomic mass is 35.5. The van der Waals surface area contributed by atoms with Gasteiger partial charge in [0.25, 0.3) is 0 Å². The van der Waals surface area contributed by atoms with E-state index in [1.165, 1.54) is 0 Å². The van der Waals surface area contributed by atoms with Crippen molar-refractivity contribution in [2.75, 3.05) is 51.3 Å². The molecule has 0 aliphatic carbocycles. The molecule has 1 aliphatic heterocycles. The van der Waals surface area contributed by atoms with Crippen molar-refractivity contribution >= 4 is 23.1 Å². The number of hydrogen-bond acceptors (Lipinski definition) is 4. The predicted octanol–water partition coefficient (Wildman–Crippen LogP) is 3.97. The molecule has 1 aromatic heterocycles. The first-order valence-corrected chi connectivity index (χ1v) is 10.2. The lowest BCUT2D eigenvalue weighted by molar-refractivity contribution is 0.0925. The third-order valence-corrected chi connectivity index (χ3v) is 5.89. The van der Waals surface area contributed by atoms with Crippen molar-refractivity contribution in [2.45, 2.75) is 26.8 Å². The minimum absolute atomic E-state index is 0.190. The molecule has 0 amide bonds. The highest BCUT2D eigenvalue weighted by Gasteiger charge is 2.23. The number of aromatic nitrogens is 1. The molecule has 1 aromatic carbocycles. The van der Waals surface area contributed by atoms with Crippen molar-refractivity contribution in [2.24, 2.45) is 0 Å². The van der Waals surface area contributed by atoms with E-state index in [1.54, 1.807) is 7.11 Å². The van der Waals surface area contributed by atoms with Crippen LogP contribution in [0.5, 0.6) is 0 Å². The summed E-state index contributed by atoms with van der Waals surface area (Å²) in [5.74, 6) is 0.190. The Hall–Kier alpha value is -1.82. The molecule has 0 saturated carbocycles. The highest BCUT2D eigenvalue weighted by molar-refractivity contribution is 6.33. The van der Waals surface area contributed by atoms with E-state index >= 15 is 0 Å². The smallest absolute Gasteiger partial charge is 0.178 e. The monoisotopic (exact) mass is 403 g/mol. The lowest BCUT2D eigenvalue weighted by Gasteiger charge is -2.36. The van der Waals surface area contributed by atoms with E-state index in [1.807, 2.05) is 31.2 Å². The van der Waals surface area contributed by atoms with Gasteiger partial charge in [0.05, 0.1) is 29.9 Å². The molecule has 2 heterocycles. The number of para-hydroxylation sites is 1. The fourth-order valence-electron chi connectivity index (χ4n) is 4.20. The molecule has 0 spiro atoms. The first-order valence-electron chi connectivity index (χ1n) is 9.84. The van der Waals surface area contributed by atoms with Gasteiger partial charge in [-0.05, 0) is 39.0 Å². The van der Waals surface area contributed by atoms with Crippen molar-refractivity contribution < 1.29 is 9.53 Å². The molecule has 1 aliphatic rings. The van der Waals surface area contributed by atoms with Crippen LogP contribution in [-0.2, 0) is 4.74 Å². The maximum atomic E-state index is 13.0. The van der Waals surface area contributed by atoms with Crippen LogP contribution in [0.25, 0.3) is 0 Å². The number of halogens is 1. The summed E-state index contributed by atoms with van der Waals surface area (Å²) in [7, 11) is 1.71. The highest BCUT2D eigenvalue weighted by Crippen LogP contribution is 2.26. The fraction of sp³-hybridized carbons (Fsp3) is 0.500. The summed E-state index contributed by atoms with van der Waals surface area (Å²) in [6, 6.07) is 10.2. The molecule has 3 rings (SSSR count). The Morgan fingerprint density at radius 3 is 2.50 bits per heavy atom. The number of methoxy groups -OCH3 is 1. The molecule has 1 saturated heterocycles. The number of rotatable bonds is 7. The van der Waals surface area contributed by atoms with Crippen molar-refractivity contribution in [1.29, 1.82) is 0 Å². The van der Waals surface area contributed by atoms with E-state index in [9.17, 15) is 4.79 Å². The van der Waals surface area contributed by atoms with Crippen LogP contribution in [-0.4, -0.2) is 61.7 Å². The van der Waals surface area contributed by atoms with Gasteiger partial charge in [-0.25, -0.2) is 0 Å². The van der Waals surface area contributed by atoms with Gasteiger partial charge in [-0.3, -0.25) is 9.69 Å². The topological polar surface area (TPSA) is 37.7 Å². The van der Waals surface area contributed by atoms with Crippen LogP contribution in [0.1, 0.15) is 34.7 Å². The normalized spacial score (nSPS) is 16.4. The standard InChI is InChI=1S/C22H30ClN3O2/c1-16-13-19(18(3)26(16)17(2)15-28-4)22(27)14-24-9-11-25(12-10-24)21-8-6-5-7-20(21)23/h5-8,13,17H,9-12,14-15H2,1-4H3/t17-/m1/s1. The third-order valence-electron chi connectivity index (χ3n) is 5.57. The Balaban J connectivity index is 1.62. The Morgan fingerprint density at radius 1 is 1.18 bits per heavy atom. The first kappa shape index (κ1) is 20.9. The van der Waals surface area contributed by atoms with Crippen LogP contribution in [0.3, 0.4) is 0 Å². The molecule has 0 radical (unpaired) electrons. The van der Waals surface area contributed by atoms with Crippen molar-refractivity contribution in [3.05, 3.63) is 52.3 Å². The minimum Gasteiger partial charge on any atom is -0.383 e. The third kappa shape index (κ3) is 4.43. The molecule has 0 unspecified atom stereocenters. The van der Waals surface area contributed by atoms with Crippen molar-refractivity contribution in [3.63, 3.8) is 0 Å². The van der Waals surface area contributed by atoms with E-state index in [4.69, 9.17) is 16.3 Å². The lowest BCUT2D eigenvalue weighted by atomic mass is 10.1. The largest absolute Gasteiger partial charge is 0.383 e. The van der Waals surface area contributed by atoms with Gasteiger partial charge in [-0.1, -0.05) is 23.7 Å². The molecule has 6 heteroatoms. The van der Waals surface area contributed by atoms with Crippen LogP contribution >= 0.6 is 11.6 Å². The Labute approximate surface area is 172 Å². The van der Waals surface area contributed by atoms with Gasteiger partial charge in [0.1, 0.15) is 0 Å².